The van der Waals surface area contributed by atoms with Crippen molar-refractivity contribution in [3.8, 4) is 0 Å². The van der Waals surface area contributed by atoms with Crippen LogP contribution >= 0.6 is 0 Å². The molecule has 1 saturated heterocycles. The van der Waals surface area contributed by atoms with Gasteiger partial charge in [0.1, 0.15) is 0 Å². The second kappa shape index (κ2) is 5.89. The van der Waals surface area contributed by atoms with E-state index < -0.39 is 5.97 Å². The molecule has 2 N–H and O–H groups in total. The zero-order valence-corrected chi connectivity index (χ0v) is 10.5. The van der Waals surface area contributed by atoms with Gasteiger partial charge in [0.25, 0.3) is 0 Å². The number of hydrogen-bond donors (Lipinski definition) is 2. The number of carbonyl (C=O) groups is 2. The Hall–Kier alpha value is -1.52. The van der Waals surface area contributed by atoms with Crippen LogP contribution in [-0.2, 0) is 4.79 Å². The molecule has 5 heteroatoms. The van der Waals surface area contributed by atoms with Crippen LogP contribution < -0.4 is 5.32 Å². The summed E-state index contributed by atoms with van der Waals surface area (Å²) in [6.45, 7) is 0.673. The van der Waals surface area contributed by atoms with E-state index in [-0.39, 0.29) is 24.5 Å². The summed E-state index contributed by atoms with van der Waals surface area (Å²) in [6.07, 6.45) is 8.82. The second-order valence-electron chi connectivity index (χ2n) is 5.02. The fourth-order valence-electron chi connectivity index (χ4n) is 2.70. The van der Waals surface area contributed by atoms with E-state index in [1.54, 1.807) is 4.90 Å². The molecule has 1 aliphatic heterocycles. The molecule has 0 spiro atoms. The van der Waals surface area contributed by atoms with Crippen LogP contribution in [-0.4, -0.2) is 40.6 Å². The van der Waals surface area contributed by atoms with Crippen molar-refractivity contribution in [1.29, 1.82) is 0 Å². The van der Waals surface area contributed by atoms with E-state index in [0.717, 1.165) is 32.1 Å². The van der Waals surface area contributed by atoms with Crippen molar-refractivity contribution in [3.05, 3.63) is 12.2 Å². The minimum Gasteiger partial charge on any atom is -0.481 e. The molecule has 2 rings (SSSR count). The highest BCUT2D eigenvalue weighted by Gasteiger charge is 2.31. The van der Waals surface area contributed by atoms with Crippen molar-refractivity contribution in [2.24, 2.45) is 0 Å². The third-order valence-corrected chi connectivity index (χ3v) is 3.64. The van der Waals surface area contributed by atoms with Crippen molar-refractivity contribution < 1.29 is 14.7 Å². The normalized spacial score (nSPS) is 27.2. The first-order valence-corrected chi connectivity index (χ1v) is 6.60. The first kappa shape index (κ1) is 12.9. The summed E-state index contributed by atoms with van der Waals surface area (Å²) < 4.78 is 0. The predicted octanol–water partition coefficient (Wildman–Crippen LogP) is 1.74. The van der Waals surface area contributed by atoms with Gasteiger partial charge in [-0.2, -0.15) is 0 Å². The molecule has 1 heterocycles. The first-order chi connectivity index (χ1) is 8.66. The molecule has 0 radical (unpaired) electrons. The Morgan fingerprint density at radius 3 is 2.83 bits per heavy atom. The molecule has 2 amide bonds. The number of likely N-dealkylation sites (tertiary alicyclic amines) is 1. The van der Waals surface area contributed by atoms with Crippen molar-refractivity contribution in [2.75, 3.05) is 6.54 Å². The molecule has 0 aromatic rings. The molecule has 0 saturated carbocycles. The third-order valence-electron chi connectivity index (χ3n) is 3.64. The van der Waals surface area contributed by atoms with Crippen LogP contribution in [0.15, 0.2) is 12.2 Å². The van der Waals surface area contributed by atoms with Crippen LogP contribution in [0.25, 0.3) is 0 Å². The van der Waals surface area contributed by atoms with Gasteiger partial charge in [0, 0.05) is 18.6 Å². The minimum absolute atomic E-state index is 0.0536. The summed E-state index contributed by atoms with van der Waals surface area (Å²) >= 11 is 0. The van der Waals surface area contributed by atoms with Gasteiger partial charge in [-0.05, 0) is 32.1 Å². The van der Waals surface area contributed by atoms with Gasteiger partial charge < -0.3 is 15.3 Å². The van der Waals surface area contributed by atoms with Gasteiger partial charge in [0.15, 0.2) is 0 Å². The van der Waals surface area contributed by atoms with Gasteiger partial charge in [-0.15, -0.1) is 0 Å². The Bertz CT molecular complexity index is 354. The van der Waals surface area contributed by atoms with Gasteiger partial charge in [0.05, 0.1) is 6.42 Å². The number of hydrogen-bond acceptors (Lipinski definition) is 2. The van der Waals surface area contributed by atoms with Gasteiger partial charge in [-0.1, -0.05) is 12.2 Å². The largest absolute Gasteiger partial charge is 0.481 e. The zero-order chi connectivity index (χ0) is 13.0. The molecule has 2 atom stereocenters. The highest BCUT2D eigenvalue weighted by atomic mass is 16.4. The molecular weight excluding hydrogens is 232 g/mol. The lowest BCUT2D eigenvalue weighted by Gasteiger charge is -2.27. The average Bonchev–Trinajstić information content (AvgIpc) is 2.77. The van der Waals surface area contributed by atoms with E-state index in [0.29, 0.717) is 6.54 Å². The molecule has 1 fully saturated rings. The molecule has 5 nitrogen and oxygen atoms in total. The van der Waals surface area contributed by atoms with Crippen molar-refractivity contribution in [1.82, 2.24) is 10.2 Å². The zero-order valence-electron chi connectivity index (χ0n) is 10.5. The maximum Gasteiger partial charge on any atom is 0.317 e. The Morgan fingerprint density at radius 2 is 2.17 bits per heavy atom. The number of amides is 2. The van der Waals surface area contributed by atoms with Crippen molar-refractivity contribution in [2.45, 2.75) is 50.6 Å². The highest BCUT2D eigenvalue weighted by Crippen LogP contribution is 2.21. The fraction of sp³-hybridized carbons (Fsp3) is 0.692. The molecule has 18 heavy (non-hydrogen) atoms. The fourth-order valence-corrected chi connectivity index (χ4v) is 2.70. The van der Waals surface area contributed by atoms with Crippen LogP contribution in [0.4, 0.5) is 4.79 Å². The minimum atomic E-state index is -0.833. The Morgan fingerprint density at radius 1 is 1.33 bits per heavy atom. The average molecular weight is 252 g/mol. The van der Waals surface area contributed by atoms with Crippen LogP contribution in [0.2, 0.25) is 0 Å². The number of aliphatic carboxylic acids is 1. The van der Waals surface area contributed by atoms with Crippen LogP contribution in [0.3, 0.4) is 0 Å². The molecular formula is C13H20N2O3. The van der Waals surface area contributed by atoms with Crippen molar-refractivity contribution in [3.63, 3.8) is 0 Å². The molecule has 100 valence electrons. The summed E-state index contributed by atoms with van der Waals surface area (Å²) in [7, 11) is 0. The van der Waals surface area contributed by atoms with E-state index in [9.17, 15) is 9.59 Å². The molecule has 0 aromatic heterocycles. The van der Waals surface area contributed by atoms with E-state index >= 15 is 0 Å². The van der Waals surface area contributed by atoms with Gasteiger partial charge >= 0.3 is 12.0 Å². The maximum atomic E-state index is 12.1. The number of carboxylic acids is 1. The van der Waals surface area contributed by atoms with E-state index in [1.807, 2.05) is 0 Å². The summed E-state index contributed by atoms with van der Waals surface area (Å²) in [4.78, 5) is 24.5. The molecule has 2 aliphatic rings. The van der Waals surface area contributed by atoms with E-state index in [4.69, 9.17) is 5.11 Å². The molecule has 0 bridgehead atoms. The number of carboxylic acid groups (broad SMARTS) is 1. The smallest absolute Gasteiger partial charge is 0.317 e. The van der Waals surface area contributed by atoms with Crippen LogP contribution in [0, 0.1) is 0 Å². The topological polar surface area (TPSA) is 69.6 Å². The maximum absolute atomic E-state index is 12.1. The SMILES string of the molecule is O=C(O)CC1CCCN1C(=O)NC1CC=CCC1. The number of allylic oxidation sites excluding steroid dienone is 1. The first-order valence-electron chi connectivity index (χ1n) is 6.60. The Labute approximate surface area is 107 Å². The lowest BCUT2D eigenvalue weighted by atomic mass is 10.0. The quantitative estimate of drug-likeness (QED) is 0.752. The molecule has 2 unspecified atom stereocenters. The van der Waals surface area contributed by atoms with E-state index in [2.05, 4.69) is 17.5 Å². The Balaban J connectivity index is 1.87. The summed E-state index contributed by atoms with van der Waals surface area (Å²) in [5.41, 5.74) is 0. The summed E-state index contributed by atoms with van der Waals surface area (Å²) in [6, 6.07) is -0.0331. The number of nitrogens with zero attached hydrogens (tertiary/aromatic N) is 1. The Kier molecular flexibility index (Phi) is 4.23. The van der Waals surface area contributed by atoms with Crippen molar-refractivity contribution >= 4 is 12.0 Å². The molecule has 0 aromatic carbocycles. The van der Waals surface area contributed by atoms with Gasteiger partial charge in [0.2, 0.25) is 0 Å². The second-order valence-corrected chi connectivity index (χ2v) is 5.02. The number of urea groups is 1. The number of rotatable bonds is 3. The summed E-state index contributed by atoms with van der Waals surface area (Å²) in [5.74, 6) is -0.833. The summed E-state index contributed by atoms with van der Waals surface area (Å²) in [5, 5.41) is 11.8. The van der Waals surface area contributed by atoms with Crippen LogP contribution in [0.5, 0.6) is 0 Å². The lowest BCUT2D eigenvalue weighted by molar-refractivity contribution is -0.137. The van der Waals surface area contributed by atoms with Crippen LogP contribution in [0.1, 0.15) is 38.5 Å². The highest BCUT2D eigenvalue weighted by molar-refractivity contribution is 5.76. The number of nitrogens with one attached hydrogen (secondary N) is 1. The lowest BCUT2D eigenvalue weighted by Crippen LogP contribution is -2.47. The third kappa shape index (κ3) is 3.24. The molecule has 1 aliphatic carbocycles. The van der Waals surface area contributed by atoms with E-state index in [1.165, 1.54) is 0 Å². The predicted molar refractivity (Wildman–Crippen MR) is 67.3 cm³/mol. The van der Waals surface area contributed by atoms with Gasteiger partial charge in [-0.3, -0.25) is 4.79 Å². The number of carbonyl (C=O) groups excluding carboxylic acids is 1. The van der Waals surface area contributed by atoms with Gasteiger partial charge in [-0.25, -0.2) is 4.79 Å². The standard InChI is InChI=1S/C13H20N2O3/c16-12(17)9-11-7-4-8-15(11)13(18)14-10-5-2-1-3-6-10/h1-2,10-11H,3-9H2,(H,14,18)(H,16,17). The monoisotopic (exact) mass is 252 g/mol.